The van der Waals surface area contributed by atoms with Gasteiger partial charge >= 0.3 is 12.1 Å². The Morgan fingerprint density at radius 1 is 1.13 bits per heavy atom. The van der Waals surface area contributed by atoms with E-state index < -0.39 is 35.9 Å². The minimum atomic E-state index is -0.998. The molecule has 2 aromatic rings. The highest BCUT2D eigenvalue weighted by molar-refractivity contribution is 5.90. The number of benzene rings is 2. The van der Waals surface area contributed by atoms with Crippen LogP contribution in [0.1, 0.15) is 24.0 Å². The molecular formula is C23H25FN2O5. The van der Waals surface area contributed by atoms with Gasteiger partial charge in [-0.05, 0) is 36.1 Å². The normalized spacial score (nSPS) is 16.5. The standard InChI is InChI=1S/C23H25FN2O5/c1-30-22(28)19(14-17-9-5-10-18(24)13-17)25-21(27)20-11-6-12-26(20)23(29)31-15-16-7-3-2-4-8-16/h2-5,7-10,13,19-20H,6,11-12,14-15H2,1H3,(H,25,27)/t19-,20+/m0/s1. The molecule has 0 aromatic heterocycles. The number of hydrogen-bond donors (Lipinski definition) is 1. The number of carbonyl (C=O) groups excluding carboxylic acids is 3. The summed E-state index contributed by atoms with van der Waals surface area (Å²) in [5.74, 6) is -1.55. The monoisotopic (exact) mass is 428 g/mol. The molecule has 2 atom stereocenters. The predicted molar refractivity (Wildman–Crippen MR) is 110 cm³/mol. The summed E-state index contributed by atoms with van der Waals surface area (Å²) in [4.78, 5) is 39.0. The van der Waals surface area contributed by atoms with E-state index in [-0.39, 0.29) is 13.0 Å². The van der Waals surface area contributed by atoms with E-state index in [1.54, 1.807) is 6.07 Å². The number of likely N-dealkylation sites (tertiary alicyclic amines) is 1. The highest BCUT2D eigenvalue weighted by atomic mass is 19.1. The Balaban J connectivity index is 1.63. The highest BCUT2D eigenvalue weighted by Gasteiger charge is 2.37. The van der Waals surface area contributed by atoms with Gasteiger partial charge in [-0.25, -0.2) is 14.0 Å². The van der Waals surface area contributed by atoms with E-state index in [2.05, 4.69) is 5.32 Å². The quantitative estimate of drug-likeness (QED) is 0.686. The second-order valence-electron chi connectivity index (χ2n) is 7.31. The number of nitrogens with one attached hydrogen (secondary N) is 1. The average Bonchev–Trinajstić information content (AvgIpc) is 3.27. The van der Waals surface area contributed by atoms with Gasteiger partial charge in [0, 0.05) is 13.0 Å². The largest absolute Gasteiger partial charge is 0.467 e. The van der Waals surface area contributed by atoms with Crippen molar-refractivity contribution in [3.05, 3.63) is 71.5 Å². The van der Waals surface area contributed by atoms with E-state index in [0.29, 0.717) is 24.9 Å². The Labute approximate surface area is 180 Å². The molecule has 3 rings (SSSR count). The van der Waals surface area contributed by atoms with Crippen LogP contribution in [0.25, 0.3) is 0 Å². The Kier molecular flexibility index (Phi) is 7.59. The van der Waals surface area contributed by atoms with E-state index in [0.717, 1.165) is 5.56 Å². The molecule has 1 N–H and O–H groups in total. The summed E-state index contributed by atoms with van der Waals surface area (Å²) in [5, 5.41) is 2.65. The van der Waals surface area contributed by atoms with Crippen molar-refractivity contribution in [1.29, 1.82) is 0 Å². The molecule has 0 spiro atoms. The smallest absolute Gasteiger partial charge is 0.410 e. The lowest BCUT2D eigenvalue weighted by Crippen LogP contribution is -2.51. The molecule has 164 valence electrons. The lowest BCUT2D eigenvalue weighted by molar-refractivity contribution is -0.145. The molecule has 7 nitrogen and oxygen atoms in total. The van der Waals surface area contributed by atoms with Crippen LogP contribution < -0.4 is 5.32 Å². The molecule has 2 aromatic carbocycles. The Bertz CT molecular complexity index is 921. The minimum absolute atomic E-state index is 0.0708. The number of halogens is 1. The number of nitrogens with zero attached hydrogens (tertiary/aromatic N) is 1. The maximum absolute atomic E-state index is 13.5. The third-order valence-electron chi connectivity index (χ3n) is 5.13. The van der Waals surface area contributed by atoms with E-state index in [1.807, 2.05) is 30.3 Å². The number of esters is 1. The van der Waals surface area contributed by atoms with Gasteiger partial charge in [-0.2, -0.15) is 0 Å². The molecule has 0 radical (unpaired) electrons. The van der Waals surface area contributed by atoms with Crippen LogP contribution in [0.15, 0.2) is 54.6 Å². The molecular weight excluding hydrogens is 403 g/mol. The van der Waals surface area contributed by atoms with Gasteiger partial charge in [0.2, 0.25) is 5.91 Å². The number of methoxy groups -OCH3 is 1. The first kappa shape index (κ1) is 22.3. The van der Waals surface area contributed by atoms with Crippen LogP contribution in [-0.4, -0.2) is 48.6 Å². The molecule has 0 aliphatic carbocycles. The van der Waals surface area contributed by atoms with Gasteiger partial charge in [0.05, 0.1) is 7.11 Å². The van der Waals surface area contributed by atoms with Gasteiger partial charge in [0.15, 0.2) is 0 Å². The van der Waals surface area contributed by atoms with Crippen molar-refractivity contribution < 1.29 is 28.2 Å². The van der Waals surface area contributed by atoms with Crippen molar-refractivity contribution >= 4 is 18.0 Å². The number of rotatable bonds is 7. The van der Waals surface area contributed by atoms with Crippen molar-refractivity contribution in [1.82, 2.24) is 10.2 Å². The third kappa shape index (κ3) is 6.04. The maximum atomic E-state index is 13.5. The van der Waals surface area contributed by atoms with Crippen molar-refractivity contribution in [3.63, 3.8) is 0 Å². The van der Waals surface area contributed by atoms with Crippen LogP contribution >= 0.6 is 0 Å². The van der Waals surface area contributed by atoms with E-state index in [1.165, 1.54) is 30.2 Å². The Hall–Kier alpha value is -3.42. The average molecular weight is 428 g/mol. The van der Waals surface area contributed by atoms with Crippen LogP contribution in [0.5, 0.6) is 0 Å². The van der Waals surface area contributed by atoms with Crippen LogP contribution in [0.2, 0.25) is 0 Å². The van der Waals surface area contributed by atoms with Gasteiger partial charge in [-0.1, -0.05) is 42.5 Å². The molecule has 0 saturated carbocycles. The summed E-state index contributed by atoms with van der Waals surface area (Å²) in [6.45, 7) is 0.493. The summed E-state index contributed by atoms with van der Waals surface area (Å²) in [7, 11) is 1.22. The first-order valence-electron chi connectivity index (χ1n) is 10.1. The molecule has 0 bridgehead atoms. The van der Waals surface area contributed by atoms with Crippen LogP contribution in [0.4, 0.5) is 9.18 Å². The number of amides is 2. The van der Waals surface area contributed by atoms with Gasteiger partial charge in [-0.15, -0.1) is 0 Å². The second kappa shape index (κ2) is 10.6. The highest BCUT2D eigenvalue weighted by Crippen LogP contribution is 2.20. The molecule has 8 heteroatoms. The third-order valence-corrected chi connectivity index (χ3v) is 5.13. The summed E-state index contributed by atoms with van der Waals surface area (Å²) in [5.41, 5.74) is 1.39. The molecule has 1 fully saturated rings. The fourth-order valence-electron chi connectivity index (χ4n) is 3.56. The maximum Gasteiger partial charge on any atom is 0.410 e. The molecule has 1 aliphatic rings. The Morgan fingerprint density at radius 3 is 2.58 bits per heavy atom. The molecule has 0 unspecified atom stereocenters. The van der Waals surface area contributed by atoms with E-state index >= 15 is 0 Å². The summed E-state index contributed by atoms with van der Waals surface area (Å²) >= 11 is 0. The topological polar surface area (TPSA) is 84.9 Å². The van der Waals surface area contributed by atoms with Crippen LogP contribution in [0, 0.1) is 5.82 Å². The lowest BCUT2D eigenvalue weighted by Gasteiger charge is -2.25. The second-order valence-corrected chi connectivity index (χ2v) is 7.31. The summed E-state index contributed by atoms with van der Waals surface area (Å²) in [6.07, 6.45) is 0.591. The predicted octanol–water partition coefficient (Wildman–Crippen LogP) is 2.83. The molecule has 1 aliphatic heterocycles. The van der Waals surface area contributed by atoms with Crippen molar-refractivity contribution in [3.8, 4) is 0 Å². The van der Waals surface area contributed by atoms with Gasteiger partial charge in [0.25, 0.3) is 0 Å². The van der Waals surface area contributed by atoms with Gasteiger partial charge in [-0.3, -0.25) is 9.69 Å². The zero-order chi connectivity index (χ0) is 22.2. The van der Waals surface area contributed by atoms with Gasteiger partial charge < -0.3 is 14.8 Å². The minimum Gasteiger partial charge on any atom is -0.467 e. The fraction of sp³-hybridized carbons (Fsp3) is 0.348. The SMILES string of the molecule is COC(=O)[C@H](Cc1cccc(F)c1)NC(=O)[C@H]1CCCN1C(=O)OCc1ccccc1. The van der Waals surface area contributed by atoms with Crippen molar-refractivity contribution in [2.75, 3.05) is 13.7 Å². The van der Waals surface area contributed by atoms with E-state index in [4.69, 9.17) is 9.47 Å². The first-order chi connectivity index (χ1) is 15.0. The molecule has 1 heterocycles. The first-order valence-corrected chi connectivity index (χ1v) is 10.1. The summed E-state index contributed by atoms with van der Waals surface area (Å²) < 4.78 is 23.6. The van der Waals surface area contributed by atoms with E-state index in [9.17, 15) is 18.8 Å². The van der Waals surface area contributed by atoms with Crippen LogP contribution in [0.3, 0.4) is 0 Å². The number of hydrogen-bond acceptors (Lipinski definition) is 5. The zero-order valence-electron chi connectivity index (χ0n) is 17.3. The Morgan fingerprint density at radius 2 is 1.87 bits per heavy atom. The number of ether oxygens (including phenoxy) is 2. The van der Waals surface area contributed by atoms with Crippen molar-refractivity contribution in [2.45, 2.75) is 38.0 Å². The lowest BCUT2D eigenvalue weighted by atomic mass is 10.0. The number of carbonyl (C=O) groups is 3. The fourth-order valence-corrected chi connectivity index (χ4v) is 3.56. The summed E-state index contributed by atoms with van der Waals surface area (Å²) in [6, 6.07) is 13.3. The van der Waals surface area contributed by atoms with Crippen molar-refractivity contribution in [2.24, 2.45) is 0 Å². The van der Waals surface area contributed by atoms with Crippen LogP contribution in [-0.2, 0) is 32.1 Å². The van der Waals surface area contributed by atoms with Gasteiger partial charge in [0.1, 0.15) is 24.5 Å². The zero-order valence-corrected chi connectivity index (χ0v) is 17.3. The molecule has 1 saturated heterocycles. The molecule has 31 heavy (non-hydrogen) atoms. The molecule has 2 amide bonds.